The SMILES string of the molecule is [B]N(Cc1ccc(C#N)cc1)C1CCCCC1. The molecule has 0 atom stereocenters. The van der Waals surface area contributed by atoms with E-state index in [0.29, 0.717) is 11.6 Å². The second-order valence-electron chi connectivity index (χ2n) is 4.77. The third-order valence-electron chi connectivity index (χ3n) is 3.49. The molecule has 0 unspecified atom stereocenters. The minimum atomic E-state index is 0.527. The molecule has 1 saturated carbocycles. The van der Waals surface area contributed by atoms with Crippen LogP contribution in [0.4, 0.5) is 0 Å². The first kappa shape index (κ1) is 12.2. The summed E-state index contributed by atoms with van der Waals surface area (Å²) in [5.41, 5.74) is 1.88. The number of hydrogen-bond acceptors (Lipinski definition) is 2. The summed E-state index contributed by atoms with van der Waals surface area (Å²) in [6, 6.07) is 10.3. The van der Waals surface area contributed by atoms with E-state index in [1.807, 2.05) is 29.1 Å². The molecule has 2 rings (SSSR count). The molecule has 0 bridgehead atoms. The topological polar surface area (TPSA) is 27.0 Å². The normalized spacial score (nSPS) is 16.9. The lowest BCUT2D eigenvalue weighted by atomic mass is 9.92. The third kappa shape index (κ3) is 3.34. The van der Waals surface area contributed by atoms with Crippen LogP contribution < -0.4 is 0 Å². The van der Waals surface area contributed by atoms with Gasteiger partial charge in [0, 0.05) is 6.54 Å². The average molecular weight is 224 g/mol. The van der Waals surface area contributed by atoms with E-state index in [0.717, 1.165) is 6.54 Å². The Balaban J connectivity index is 1.92. The van der Waals surface area contributed by atoms with Crippen LogP contribution in [0.2, 0.25) is 0 Å². The molecule has 0 saturated heterocycles. The molecule has 0 spiro atoms. The summed E-state index contributed by atoms with van der Waals surface area (Å²) in [6.07, 6.45) is 6.37. The fraction of sp³-hybridized carbons (Fsp3) is 0.500. The molecule has 17 heavy (non-hydrogen) atoms. The van der Waals surface area contributed by atoms with Crippen molar-refractivity contribution in [3.05, 3.63) is 35.4 Å². The van der Waals surface area contributed by atoms with Crippen molar-refractivity contribution < 1.29 is 0 Å². The summed E-state index contributed by atoms with van der Waals surface area (Å²) in [4.78, 5) is 1.96. The highest BCUT2D eigenvalue weighted by Gasteiger charge is 2.17. The Labute approximate surface area is 105 Å². The molecule has 1 aromatic carbocycles. The van der Waals surface area contributed by atoms with Crippen molar-refractivity contribution in [2.45, 2.75) is 44.7 Å². The summed E-state index contributed by atoms with van der Waals surface area (Å²) in [5.74, 6) is 0. The summed E-state index contributed by atoms with van der Waals surface area (Å²) in [5, 5.41) is 8.73. The minimum Gasteiger partial charge on any atom is -0.347 e. The van der Waals surface area contributed by atoms with Crippen molar-refractivity contribution in [3.63, 3.8) is 0 Å². The molecule has 2 nitrogen and oxygen atoms in total. The number of rotatable bonds is 3. The first-order valence-electron chi connectivity index (χ1n) is 6.30. The average Bonchev–Trinajstić information content (AvgIpc) is 2.40. The van der Waals surface area contributed by atoms with Crippen LogP contribution >= 0.6 is 0 Å². The molecule has 0 N–H and O–H groups in total. The van der Waals surface area contributed by atoms with E-state index >= 15 is 0 Å². The summed E-state index contributed by atoms with van der Waals surface area (Å²) in [6.45, 7) is 0.774. The zero-order chi connectivity index (χ0) is 12.1. The highest BCUT2D eigenvalue weighted by atomic mass is 15.1. The minimum absolute atomic E-state index is 0.527. The highest BCUT2D eigenvalue weighted by Crippen LogP contribution is 2.22. The Morgan fingerprint density at radius 1 is 1.18 bits per heavy atom. The van der Waals surface area contributed by atoms with Gasteiger partial charge in [-0.25, -0.2) is 0 Å². The predicted octanol–water partition coefficient (Wildman–Crippen LogP) is 2.78. The van der Waals surface area contributed by atoms with Crippen LogP contribution in [0.25, 0.3) is 0 Å². The van der Waals surface area contributed by atoms with Crippen LogP contribution in [-0.4, -0.2) is 18.8 Å². The van der Waals surface area contributed by atoms with E-state index in [9.17, 15) is 0 Å². The molecule has 1 aliphatic rings. The van der Waals surface area contributed by atoms with Gasteiger partial charge >= 0.3 is 0 Å². The van der Waals surface area contributed by atoms with Crippen molar-refractivity contribution in [3.8, 4) is 6.07 Å². The molecule has 0 heterocycles. The molecule has 2 radical (unpaired) electrons. The van der Waals surface area contributed by atoms with Gasteiger partial charge < -0.3 is 4.81 Å². The molecule has 3 heteroatoms. The zero-order valence-electron chi connectivity index (χ0n) is 10.1. The Hall–Kier alpha value is -1.27. The smallest absolute Gasteiger partial charge is 0.183 e. The Kier molecular flexibility index (Phi) is 4.22. The molecule has 1 aromatic rings. The molecule has 0 amide bonds. The molecule has 0 aromatic heterocycles. The molecular weight excluding hydrogens is 207 g/mol. The number of hydrogen-bond donors (Lipinski definition) is 0. The maximum absolute atomic E-state index is 8.73. The fourth-order valence-electron chi connectivity index (χ4n) is 2.44. The van der Waals surface area contributed by atoms with E-state index in [1.165, 1.54) is 37.7 Å². The number of nitriles is 1. The Bertz CT molecular complexity index is 388. The first-order valence-corrected chi connectivity index (χ1v) is 6.30. The maximum Gasteiger partial charge on any atom is 0.183 e. The van der Waals surface area contributed by atoms with Gasteiger partial charge in [-0.1, -0.05) is 31.4 Å². The lowest BCUT2D eigenvalue weighted by Gasteiger charge is -2.31. The van der Waals surface area contributed by atoms with Gasteiger partial charge in [-0.05, 0) is 36.6 Å². The van der Waals surface area contributed by atoms with Crippen molar-refractivity contribution >= 4 is 7.98 Å². The van der Waals surface area contributed by atoms with Crippen LogP contribution in [0, 0.1) is 11.3 Å². The third-order valence-corrected chi connectivity index (χ3v) is 3.49. The van der Waals surface area contributed by atoms with Crippen LogP contribution in [0.1, 0.15) is 43.2 Å². The molecule has 1 aliphatic carbocycles. The Morgan fingerprint density at radius 3 is 2.41 bits per heavy atom. The zero-order valence-corrected chi connectivity index (χ0v) is 10.1. The Morgan fingerprint density at radius 2 is 1.82 bits per heavy atom. The van der Waals surface area contributed by atoms with E-state index < -0.39 is 0 Å². The van der Waals surface area contributed by atoms with Gasteiger partial charge in [0.15, 0.2) is 7.98 Å². The highest BCUT2D eigenvalue weighted by molar-refractivity contribution is 6.04. The summed E-state index contributed by atoms with van der Waals surface area (Å²) in [7, 11) is 6.12. The van der Waals surface area contributed by atoms with Gasteiger partial charge in [0.05, 0.1) is 11.6 Å². The second kappa shape index (κ2) is 5.88. The van der Waals surface area contributed by atoms with Gasteiger partial charge in [0.2, 0.25) is 0 Å². The van der Waals surface area contributed by atoms with Crippen molar-refractivity contribution in [2.75, 3.05) is 0 Å². The van der Waals surface area contributed by atoms with Crippen LogP contribution in [0.5, 0.6) is 0 Å². The van der Waals surface area contributed by atoms with Crippen LogP contribution in [0.15, 0.2) is 24.3 Å². The van der Waals surface area contributed by atoms with Crippen LogP contribution in [-0.2, 0) is 6.54 Å². The maximum atomic E-state index is 8.73. The first-order chi connectivity index (χ1) is 8.29. The van der Waals surface area contributed by atoms with Crippen molar-refractivity contribution in [2.24, 2.45) is 0 Å². The lowest BCUT2D eigenvalue weighted by molar-refractivity contribution is 0.257. The molecule has 1 fully saturated rings. The standard InChI is InChI=1S/C14H17BN2/c15-17(14-4-2-1-3-5-14)11-13-8-6-12(10-16)7-9-13/h6-9,14H,1-5,11H2. The van der Waals surface area contributed by atoms with Crippen molar-refractivity contribution in [1.82, 2.24) is 4.81 Å². The van der Waals surface area contributed by atoms with Gasteiger partial charge in [0.25, 0.3) is 0 Å². The quantitative estimate of drug-likeness (QED) is 0.738. The van der Waals surface area contributed by atoms with Crippen molar-refractivity contribution in [1.29, 1.82) is 5.26 Å². The van der Waals surface area contributed by atoms with Crippen LogP contribution in [0.3, 0.4) is 0 Å². The van der Waals surface area contributed by atoms with E-state index in [-0.39, 0.29) is 0 Å². The molecular formula is C14H17BN2. The van der Waals surface area contributed by atoms with Gasteiger partial charge in [-0.2, -0.15) is 5.26 Å². The van der Waals surface area contributed by atoms with E-state index in [4.69, 9.17) is 13.2 Å². The van der Waals surface area contributed by atoms with Gasteiger partial charge in [-0.15, -0.1) is 0 Å². The predicted molar refractivity (Wildman–Crippen MR) is 69.3 cm³/mol. The van der Waals surface area contributed by atoms with Gasteiger partial charge in [-0.3, -0.25) is 0 Å². The number of benzene rings is 1. The largest absolute Gasteiger partial charge is 0.347 e. The lowest BCUT2D eigenvalue weighted by Crippen LogP contribution is -2.34. The number of nitrogens with zero attached hydrogens (tertiary/aromatic N) is 2. The second-order valence-corrected chi connectivity index (χ2v) is 4.77. The monoisotopic (exact) mass is 224 g/mol. The summed E-state index contributed by atoms with van der Waals surface area (Å²) < 4.78 is 0. The van der Waals surface area contributed by atoms with E-state index in [2.05, 4.69) is 6.07 Å². The molecule has 0 aliphatic heterocycles. The summed E-state index contributed by atoms with van der Waals surface area (Å²) >= 11 is 0. The van der Waals surface area contributed by atoms with Gasteiger partial charge in [0.1, 0.15) is 0 Å². The fourth-order valence-corrected chi connectivity index (χ4v) is 2.44. The van der Waals surface area contributed by atoms with E-state index in [1.54, 1.807) is 0 Å². The molecule has 86 valence electrons.